The number of likely N-dealkylation sites (N-methyl/N-ethyl adjacent to an activating group) is 1. The van der Waals surface area contributed by atoms with E-state index in [1.165, 1.54) is 0 Å². The number of carbonyl (C=O) groups is 1. The second kappa shape index (κ2) is 2.54. The van der Waals surface area contributed by atoms with Crippen molar-refractivity contribution in [2.45, 2.75) is 18.9 Å². The summed E-state index contributed by atoms with van der Waals surface area (Å²) in [7, 11) is 1.15. The van der Waals surface area contributed by atoms with Crippen molar-refractivity contribution in [1.29, 1.82) is 0 Å². The molecule has 0 amide bonds. The Balaban J connectivity index is 2.49. The van der Waals surface area contributed by atoms with E-state index in [0.717, 1.165) is 19.9 Å². The number of aliphatic carboxylic acids is 1. The topological polar surface area (TPSA) is 40.5 Å². The van der Waals surface area contributed by atoms with Crippen molar-refractivity contribution in [3.8, 4) is 0 Å². The van der Waals surface area contributed by atoms with E-state index in [4.69, 9.17) is 5.11 Å². The first-order chi connectivity index (χ1) is 4.63. The molecular formula is C6H10FNO2. The molecular weight excluding hydrogens is 137 g/mol. The molecule has 1 rings (SSSR count). The number of hydrogen-bond acceptors (Lipinski definition) is 2. The molecule has 0 aromatic carbocycles. The van der Waals surface area contributed by atoms with E-state index in [9.17, 15) is 9.28 Å². The predicted molar refractivity (Wildman–Crippen MR) is 33.0 cm³/mol. The van der Waals surface area contributed by atoms with Gasteiger partial charge in [0, 0.05) is 7.05 Å². The zero-order valence-electron chi connectivity index (χ0n) is 5.75. The lowest BCUT2D eigenvalue weighted by Crippen LogP contribution is -2.34. The van der Waals surface area contributed by atoms with Gasteiger partial charge in [0.25, 0.3) is 0 Å². The molecule has 0 aromatic rings. The lowest BCUT2D eigenvalue weighted by molar-refractivity contribution is -0.150. The summed E-state index contributed by atoms with van der Waals surface area (Å²) in [6, 6.07) is -0.917. The van der Waals surface area contributed by atoms with Crippen molar-refractivity contribution in [2.75, 3.05) is 7.05 Å². The van der Waals surface area contributed by atoms with E-state index in [0.29, 0.717) is 0 Å². The van der Waals surface area contributed by atoms with Gasteiger partial charge < -0.3 is 5.11 Å². The van der Waals surface area contributed by atoms with E-state index in [1.807, 2.05) is 0 Å². The zero-order valence-corrected chi connectivity index (χ0v) is 5.75. The Bertz CT molecular complexity index is 143. The van der Waals surface area contributed by atoms with Crippen LogP contribution in [0.15, 0.2) is 0 Å². The van der Waals surface area contributed by atoms with Gasteiger partial charge >= 0.3 is 5.97 Å². The molecule has 0 spiro atoms. The maximum Gasteiger partial charge on any atom is 0.323 e. The highest BCUT2D eigenvalue weighted by atomic mass is 19.2. The van der Waals surface area contributed by atoms with Crippen molar-refractivity contribution in [2.24, 2.45) is 5.92 Å². The molecule has 10 heavy (non-hydrogen) atoms. The quantitative estimate of drug-likeness (QED) is 0.596. The standard InChI is InChI=1S/C6H10FNO2/c1-8(7)5(6(9)10)4-2-3-4/h4-5H,2-3H2,1H3,(H,9,10)/t5-/m0/s1. The Morgan fingerprint density at radius 3 is 2.40 bits per heavy atom. The van der Waals surface area contributed by atoms with Crippen LogP contribution in [0.5, 0.6) is 0 Å². The molecule has 58 valence electrons. The van der Waals surface area contributed by atoms with Gasteiger partial charge in [-0.2, -0.15) is 0 Å². The predicted octanol–water partition coefficient (Wildman–Crippen LogP) is 0.666. The third-order valence-electron chi connectivity index (χ3n) is 1.70. The van der Waals surface area contributed by atoms with Gasteiger partial charge in [-0.15, -0.1) is 9.60 Å². The average Bonchev–Trinajstić information content (AvgIpc) is 2.46. The Morgan fingerprint density at radius 2 is 2.30 bits per heavy atom. The van der Waals surface area contributed by atoms with Gasteiger partial charge in [0.2, 0.25) is 0 Å². The number of halogens is 1. The van der Waals surface area contributed by atoms with Gasteiger partial charge in [0.1, 0.15) is 6.04 Å². The van der Waals surface area contributed by atoms with Gasteiger partial charge in [0.05, 0.1) is 0 Å². The van der Waals surface area contributed by atoms with Crippen LogP contribution in [0, 0.1) is 5.92 Å². The molecule has 1 aliphatic rings. The van der Waals surface area contributed by atoms with E-state index >= 15 is 0 Å². The summed E-state index contributed by atoms with van der Waals surface area (Å²) in [5.41, 5.74) is 0. The van der Waals surface area contributed by atoms with E-state index in [1.54, 1.807) is 0 Å². The Morgan fingerprint density at radius 1 is 1.80 bits per heavy atom. The Kier molecular flexibility index (Phi) is 1.89. The van der Waals surface area contributed by atoms with Crippen LogP contribution in [-0.2, 0) is 4.79 Å². The summed E-state index contributed by atoms with van der Waals surface area (Å²) in [6.07, 6.45) is 1.68. The van der Waals surface area contributed by atoms with Crippen molar-refractivity contribution >= 4 is 5.97 Å². The van der Waals surface area contributed by atoms with Crippen LogP contribution in [0.2, 0.25) is 0 Å². The minimum absolute atomic E-state index is 0.0347. The Hall–Kier alpha value is -0.640. The van der Waals surface area contributed by atoms with E-state index in [-0.39, 0.29) is 11.0 Å². The van der Waals surface area contributed by atoms with Gasteiger partial charge in [-0.1, -0.05) is 0 Å². The molecule has 1 atom stereocenters. The second-order valence-corrected chi connectivity index (χ2v) is 2.65. The molecule has 1 saturated carbocycles. The highest BCUT2D eigenvalue weighted by Gasteiger charge is 2.39. The molecule has 3 nitrogen and oxygen atoms in total. The van der Waals surface area contributed by atoms with Crippen LogP contribution < -0.4 is 0 Å². The first-order valence-electron chi connectivity index (χ1n) is 3.24. The summed E-state index contributed by atoms with van der Waals surface area (Å²) >= 11 is 0. The third kappa shape index (κ3) is 1.44. The lowest BCUT2D eigenvalue weighted by Gasteiger charge is -2.13. The fourth-order valence-corrected chi connectivity index (χ4v) is 1.06. The number of hydrogen-bond donors (Lipinski definition) is 1. The van der Waals surface area contributed by atoms with Crippen molar-refractivity contribution in [1.82, 2.24) is 5.12 Å². The fraction of sp³-hybridized carbons (Fsp3) is 0.833. The summed E-state index contributed by atoms with van der Waals surface area (Å²) < 4.78 is 12.4. The van der Waals surface area contributed by atoms with Gasteiger partial charge in [-0.3, -0.25) is 4.79 Å². The molecule has 0 bridgehead atoms. The van der Waals surface area contributed by atoms with Crippen LogP contribution in [0.4, 0.5) is 4.48 Å². The van der Waals surface area contributed by atoms with E-state index in [2.05, 4.69) is 0 Å². The largest absolute Gasteiger partial charge is 0.480 e. The van der Waals surface area contributed by atoms with Crippen molar-refractivity contribution in [3.05, 3.63) is 0 Å². The van der Waals surface area contributed by atoms with Crippen LogP contribution in [0.25, 0.3) is 0 Å². The molecule has 0 radical (unpaired) electrons. The smallest absolute Gasteiger partial charge is 0.323 e. The SMILES string of the molecule is CN(F)[C@H](C(=O)O)C1CC1. The molecule has 0 heterocycles. The molecule has 0 unspecified atom stereocenters. The van der Waals surface area contributed by atoms with Crippen LogP contribution in [-0.4, -0.2) is 29.3 Å². The maximum atomic E-state index is 12.4. The minimum atomic E-state index is -1.06. The first-order valence-corrected chi connectivity index (χ1v) is 3.24. The summed E-state index contributed by atoms with van der Waals surface area (Å²) in [4.78, 5) is 10.3. The molecule has 1 aliphatic carbocycles. The molecule has 1 N–H and O–H groups in total. The highest BCUT2D eigenvalue weighted by Crippen LogP contribution is 2.35. The number of carboxylic acids is 1. The summed E-state index contributed by atoms with van der Waals surface area (Å²) in [5.74, 6) is -1.03. The molecule has 0 aliphatic heterocycles. The van der Waals surface area contributed by atoms with Crippen molar-refractivity contribution in [3.63, 3.8) is 0 Å². The van der Waals surface area contributed by atoms with Gasteiger partial charge in [-0.05, 0) is 18.8 Å². The molecule has 0 aromatic heterocycles. The first kappa shape index (κ1) is 7.47. The number of nitrogens with zero attached hydrogens (tertiary/aromatic N) is 1. The summed E-state index contributed by atoms with van der Waals surface area (Å²) in [6.45, 7) is 0. The van der Waals surface area contributed by atoms with Crippen molar-refractivity contribution < 1.29 is 14.4 Å². The maximum absolute atomic E-state index is 12.4. The molecule has 4 heteroatoms. The lowest BCUT2D eigenvalue weighted by atomic mass is 10.2. The average molecular weight is 147 g/mol. The second-order valence-electron chi connectivity index (χ2n) is 2.65. The van der Waals surface area contributed by atoms with Crippen LogP contribution >= 0.6 is 0 Å². The Labute approximate surface area is 58.4 Å². The van der Waals surface area contributed by atoms with E-state index < -0.39 is 12.0 Å². The van der Waals surface area contributed by atoms with Gasteiger partial charge in [0.15, 0.2) is 0 Å². The number of rotatable bonds is 3. The summed E-state index contributed by atoms with van der Waals surface area (Å²) in [5, 5.41) is 8.75. The van der Waals surface area contributed by atoms with Gasteiger partial charge in [-0.25, -0.2) is 0 Å². The fourth-order valence-electron chi connectivity index (χ4n) is 1.06. The molecule has 0 saturated heterocycles. The normalized spacial score (nSPS) is 21.1. The molecule has 1 fully saturated rings. The monoisotopic (exact) mass is 147 g/mol. The van der Waals surface area contributed by atoms with Crippen LogP contribution in [0.1, 0.15) is 12.8 Å². The third-order valence-corrected chi connectivity index (χ3v) is 1.70. The van der Waals surface area contributed by atoms with Crippen LogP contribution in [0.3, 0.4) is 0 Å². The number of carboxylic acid groups (broad SMARTS) is 1. The zero-order chi connectivity index (χ0) is 7.72. The minimum Gasteiger partial charge on any atom is -0.480 e. The highest BCUT2D eigenvalue weighted by molar-refractivity contribution is 5.74.